The third kappa shape index (κ3) is 3.52. The molecule has 1 aliphatic heterocycles. The number of aromatic amines is 1. The fourth-order valence-electron chi connectivity index (χ4n) is 2.60. The Bertz CT molecular complexity index is 682. The topological polar surface area (TPSA) is 67.0 Å². The third-order valence-corrected chi connectivity index (χ3v) is 5.12. The van der Waals surface area contributed by atoms with Crippen LogP contribution in [0, 0.1) is 6.92 Å². The van der Waals surface area contributed by atoms with Gasteiger partial charge in [-0.15, -0.1) is 11.8 Å². The number of carbonyl (C=O) groups excluding carboxylic acids is 1. The van der Waals surface area contributed by atoms with Gasteiger partial charge in [-0.1, -0.05) is 25.5 Å². The Labute approximate surface area is 140 Å². The second kappa shape index (κ2) is 7.08. The number of benzene rings is 1. The maximum Gasteiger partial charge on any atom is 0.235 e. The zero-order chi connectivity index (χ0) is 16.2. The molecule has 1 aromatic heterocycles. The molecule has 2 aromatic rings. The van der Waals surface area contributed by atoms with E-state index in [1.54, 1.807) is 11.8 Å². The first-order chi connectivity index (χ1) is 11.2. The first-order valence-corrected chi connectivity index (χ1v) is 8.93. The summed E-state index contributed by atoms with van der Waals surface area (Å²) in [5.41, 5.74) is 3.20. The number of aryl methyl sites for hydroxylation is 1. The summed E-state index contributed by atoms with van der Waals surface area (Å²) in [5, 5.41) is 10.1. The van der Waals surface area contributed by atoms with Crippen LogP contribution in [-0.4, -0.2) is 28.5 Å². The summed E-state index contributed by atoms with van der Waals surface area (Å²) >= 11 is 1.62. The van der Waals surface area contributed by atoms with Crippen molar-refractivity contribution in [2.24, 2.45) is 0 Å². The Morgan fingerprint density at radius 3 is 2.87 bits per heavy atom. The zero-order valence-corrected chi connectivity index (χ0v) is 14.2. The number of nitrogens with zero attached hydrogens (tertiary/aromatic N) is 1. The molecular weight excluding hydrogens is 310 g/mol. The van der Waals surface area contributed by atoms with E-state index in [2.05, 4.69) is 34.6 Å². The van der Waals surface area contributed by atoms with E-state index in [1.807, 2.05) is 19.1 Å². The van der Waals surface area contributed by atoms with Crippen LogP contribution in [-0.2, 0) is 4.79 Å². The number of thioether (sulfide) groups is 1. The second-order valence-corrected chi connectivity index (χ2v) is 6.71. The number of amides is 1. The lowest BCUT2D eigenvalue weighted by molar-refractivity contribution is -0.113. The summed E-state index contributed by atoms with van der Waals surface area (Å²) in [6, 6.07) is 8.15. The van der Waals surface area contributed by atoms with Crippen LogP contribution in [0.25, 0.3) is 0 Å². The summed E-state index contributed by atoms with van der Waals surface area (Å²) in [6.07, 6.45) is 2.19. The highest BCUT2D eigenvalue weighted by Gasteiger charge is 2.28. The van der Waals surface area contributed by atoms with Crippen LogP contribution < -0.4 is 10.1 Å². The van der Waals surface area contributed by atoms with Crippen molar-refractivity contribution in [3.8, 4) is 5.75 Å². The second-order valence-electron chi connectivity index (χ2n) is 5.62. The van der Waals surface area contributed by atoms with Gasteiger partial charge in [0.25, 0.3) is 0 Å². The normalized spacial score (nSPS) is 17.3. The van der Waals surface area contributed by atoms with Crippen molar-refractivity contribution in [2.45, 2.75) is 31.9 Å². The van der Waals surface area contributed by atoms with E-state index in [1.165, 1.54) is 0 Å². The lowest BCUT2D eigenvalue weighted by Crippen LogP contribution is -2.12. The van der Waals surface area contributed by atoms with Crippen LogP contribution in [0.1, 0.15) is 41.8 Å². The fourth-order valence-corrected chi connectivity index (χ4v) is 3.80. The maximum absolute atomic E-state index is 11.8. The minimum absolute atomic E-state index is 0.00947. The Hall–Kier alpha value is -1.95. The van der Waals surface area contributed by atoms with Crippen LogP contribution in [0.3, 0.4) is 0 Å². The molecule has 1 atom stereocenters. The van der Waals surface area contributed by atoms with E-state index < -0.39 is 0 Å². The summed E-state index contributed by atoms with van der Waals surface area (Å²) in [4.78, 5) is 11.8. The van der Waals surface area contributed by atoms with Crippen molar-refractivity contribution in [2.75, 3.05) is 17.7 Å². The van der Waals surface area contributed by atoms with Crippen LogP contribution in [0.15, 0.2) is 24.3 Å². The zero-order valence-electron chi connectivity index (χ0n) is 13.4. The number of hydrogen-bond donors (Lipinski definition) is 2. The number of ether oxygens (including phenoxy) is 1. The first kappa shape index (κ1) is 15.9. The number of nitrogens with one attached hydrogen (secondary N) is 2. The van der Waals surface area contributed by atoms with Crippen LogP contribution in [0.2, 0.25) is 0 Å². The van der Waals surface area contributed by atoms with Gasteiger partial charge in [0.15, 0.2) is 5.82 Å². The van der Waals surface area contributed by atoms with Crippen LogP contribution in [0.4, 0.5) is 5.82 Å². The molecule has 0 unspecified atom stereocenters. The van der Waals surface area contributed by atoms with E-state index in [-0.39, 0.29) is 11.2 Å². The molecule has 23 heavy (non-hydrogen) atoms. The highest BCUT2D eigenvalue weighted by atomic mass is 32.2. The van der Waals surface area contributed by atoms with Gasteiger partial charge in [0.2, 0.25) is 5.91 Å². The lowest BCUT2D eigenvalue weighted by Gasteiger charge is -2.15. The summed E-state index contributed by atoms with van der Waals surface area (Å²) in [6.45, 7) is 4.88. The van der Waals surface area contributed by atoms with Crippen molar-refractivity contribution in [3.05, 3.63) is 41.1 Å². The molecule has 2 N–H and O–H groups in total. The third-order valence-electron chi connectivity index (χ3n) is 3.85. The van der Waals surface area contributed by atoms with Gasteiger partial charge >= 0.3 is 0 Å². The number of unbranched alkanes of at least 4 members (excludes halogenated alkanes) is 1. The molecule has 0 saturated heterocycles. The van der Waals surface area contributed by atoms with Gasteiger partial charge in [-0.2, -0.15) is 5.10 Å². The van der Waals surface area contributed by atoms with Crippen molar-refractivity contribution >= 4 is 23.5 Å². The first-order valence-electron chi connectivity index (χ1n) is 7.88. The Morgan fingerprint density at radius 1 is 1.35 bits per heavy atom. The van der Waals surface area contributed by atoms with Crippen LogP contribution >= 0.6 is 11.8 Å². The monoisotopic (exact) mass is 331 g/mol. The van der Waals surface area contributed by atoms with Crippen molar-refractivity contribution in [1.82, 2.24) is 10.2 Å². The fraction of sp³-hybridized carbons (Fsp3) is 0.412. The minimum Gasteiger partial charge on any atom is -0.494 e. The van der Waals surface area contributed by atoms with Gasteiger partial charge < -0.3 is 10.1 Å². The quantitative estimate of drug-likeness (QED) is 0.820. The molecule has 0 spiro atoms. The van der Waals surface area contributed by atoms with Gasteiger partial charge in [0.1, 0.15) is 5.75 Å². The predicted molar refractivity (Wildman–Crippen MR) is 93.1 cm³/mol. The Morgan fingerprint density at radius 2 is 2.13 bits per heavy atom. The number of H-pyrrole nitrogens is 1. The van der Waals surface area contributed by atoms with Crippen molar-refractivity contribution in [1.29, 1.82) is 0 Å². The van der Waals surface area contributed by atoms with Gasteiger partial charge in [-0.05, 0) is 31.0 Å². The number of hydrogen-bond acceptors (Lipinski definition) is 4. The Kier molecular flexibility index (Phi) is 4.91. The molecule has 0 radical (unpaired) electrons. The van der Waals surface area contributed by atoms with Gasteiger partial charge in [-0.25, -0.2) is 0 Å². The molecule has 122 valence electrons. The molecule has 2 heterocycles. The molecular formula is C17H21N3O2S. The number of anilines is 1. The highest BCUT2D eigenvalue weighted by molar-refractivity contribution is 8.00. The minimum atomic E-state index is -0.00947. The molecule has 0 bridgehead atoms. The summed E-state index contributed by atoms with van der Waals surface area (Å²) in [5.74, 6) is 1.95. The van der Waals surface area contributed by atoms with Crippen LogP contribution in [0.5, 0.6) is 5.75 Å². The number of aromatic nitrogens is 2. The largest absolute Gasteiger partial charge is 0.494 e. The molecule has 0 aliphatic carbocycles. The molecule has 1 aliphatic rings. The predicted octanol–water partition coefficient (Wildman–Crippen LogP) is 3.67. The standard InChI is InChI=1S/C17H21N3O2S/c1-3-4-9-22-13-7-5-12(6-8-13)16-15-11(2)19-20-17(15)18-14(21)10-23-16/h5-8,16H,3-4,9-10H2,1-2H3,(H2,18,19,20,21)/t16-/m1/s1. The smallest absolute Gasteiger partial charge is 0.235 e. The SMILES string of the molecule is CCCCOc1ccc([C@H]2SCC(=O)Nc3n[nH]c(C)c32)cc1. The van der Waals surface area contributed by atoms with E-state index in [0.717, 1.165) is 42.0 Å². The lowest BCUT2D eigenvalue weighted by atomic mass is 10.0. The Balaban J connectivity index is 1.83. The highest BCUT2D eigenvalue weighted by Crippen LogP contribution is 2.42. The summed E-state index contributed by atoms with van der Waals surface area (Å²) in [7, 11) is 0. The van der Waals surface area contributed by atoms with Gasteiger partial charge in [-0.3, -0.25) is 9.89 Å². The molecule has 5 nitrogen and oxygen atoms in total. The molecule has 0 fully saturated rings. The summed E-state index contributed by atoms with van der Waals surface area (Å²) < 4.78 is 5.72. The maximum atomic E-state index is 11.8. The molecule has 0 saturated carbocycles. The number of fused-ring (bicyclic) bond motifs is 1. The van der Waals surface area contributed by atoms with Gasteiger partial charge in [0.05, 0.1) is 17.6 Å². The average molecular weight is 331 g/mol. The average Bonchev–Trinajstić information content (AvgIpc) is 2.81. The van der Waals surface area contributed by atoms with Gasteiger partial charge in [0, 0.05) is 11.3 Å². The van der Waals surface area contributed by atoms with E-state index in [4.69, 9.17) is 4.74 Å². The van der Waals surface area contributed by atoms with E-state index >= 15 is 0 Å². The molecule has 1 amide bonds. The van der Waals surface area contributed by atoms with E-state index in [0.29, 0.717) is 11.6 Å². The number of carbonyl (C=O) groups is 1. The molecule has 3 rings (SSSR count). The molecule has 6 heteroatoms. The van der Waals surface area contributed by atoms with Crippen molar-refractivity contribution < 1.29 is 9.53 Å². The van der Waals surface area contributed by atoms with E-state index in [9.17, 15) is 4.79 Å². The molecule has 1 aromatic carbocycles. The number of rotatable bonds is 5. The van der Waals surface area contributed by atoms with Crippen molar-refractivity contribution in [3.63, 3.8) is 0 Å².